The fraction of sp³-hybridized carbons (Fsp3) is 0.400. The van der Waals surface area contributed by atoms with Gasteiger partial charge in [0.25, 0.3) is 0 Å². The fourth-order valence-corrected chi connectivity index (χ4v) is 1.35. The highest BCUT2D eigenvalue weighted by molar-refractivity contribution is 7.80. The van der Waals surface area contributed by atoms with Gasteiger partial charge in [-0.1, -0.05) is 18.2 Å². The van der Waals surface area contributed by atoms with Gasteiger partial charge in [-0.2, -0.15) is 12.6 Å². The Morgan fingerprint density at radius 3 is 2.45 bits per heavy atom. The van der Waals surface area contributed by atoms with Gasteiger partial charge in [0.05, 0.1) is 0 Å². The highest BCUT2D eigenvalue weighted by atomic mass is 32.1. The van der Waals surface area contributed by atoms with Crippen LogP contribution in [0.5, 0.6) is 0 Å². The first kappa shape index (κ1) is 8.66. The van der Waals surface area contributed by atoms with Crippen LogP contribution in [0.4, 0.5) is 0 Å². The summed E-state index contributed by atoms with van der Waals surface area (Å²) >= 11 is 4.19. The Balaban J connectivity index is 2.86. The second kappa shape index (κ2) is 3.82. The van der Waals surface area contributed by atoms with E-state index in [-0.39, 0.29) is 0 Å². The number of benzene rings is 1. The average molecular weight is 166 g/mol. The average Bonchev–Trinajstić information content (AvgIpc) is 1.98. The van der Waals surface area contributed by atoms with Crippen LogP contribution in [0.25, 0.3) is 0 Å². The molecule has 0 bridgehead atoms. The summed E-state index contributed by atoms with van der Waals surface area (Å²) in [5.74, 6) is 0.933. The Morgan fingerprint density at radius 2 is 1.91 bits per heavy atom. The van der Waals surface area contributed by atoms with E-state index in [9.17, 15) is 0 Å². The summed E-state index contributed by atoms with van der Waals surface area (Å²) in [4.78, 5) is 0. The summed E-state index contributed by atoms with van der Waals surface area (Å²) in [6, 6.07) is 6.60. The zero-order valence-corrected chi connectivity index (χ0v) is 7.99. The minimum atomic E-state index is 0.933. The largest absolute Gasteiger partial charge is 0.179 e. The normalized spacial score (nSPS) is 10.1. The Morgan fingerprint density at radius 1 is 1.18 bits per heavy atom. The SMILES string of the molecule is Cc1ccc(CCS)cc1C. The molecule has 0 aromatic heterocycles. The van der Waals surface area contributed by atoms with Crippen LogP contribution in [0.2, 0.25) is 0 Å². The van der Waals surface area contributed by atoms with Crippen molar-refractivity contribution in [2.24, 2.45) is 0 Å². The van der Waals surface area contributed by atoms with Gasteiger partial charge in [-0.15, -0.1) is 0 Å². The predicted octanol–water partition coefficient (Wildman–Crippen LogP) is 2.78. The molecule has 0 fully saturated rings. The van der Waals surface area contributed by atoms with Crippen molar-refractivity contribution in [3.05, 3.63) is 34.9 Å². The fourth-order valence-electron chi connectivity index (χ4n) is 1.09. The van der Waals surface area contributed by atoms with Crippen LogP contribution in [0, 0.1) is 13.8 Å². The molecular weight excluding hydrogens is 152 g/mol. The number of aryl methyl sites for hydroxylation is 3. The smallest absolute Gasteiger partial charge is 0.00574 e. The molecule has 0 aliphatic carbocycles. The van der Waals surface area contributed by atoms with Gasteiger partial charge in [-0.05, 0) is 42.7 Å². The molecule has 60 valence electrons. The standard InChI is InChI=1S/C10H14S/c1-8-3-4-10(5-6-11)7-9(8)2/h3-4,7,11H,5-6H2,1-2H3. The van der Waals surface area contributed by atoms with E-state index in [2.05, 4.69) is 44.7 Å². The van der Waals surface area contributed by atoms with Crippen LogP contribution in [-0.2, 0) is 6.42 Å². The minimum absolute atomic E-state index is 0.933. The lowest BCUT2D eigenvalue weighted by atomic mass is 10.1. The Kier molecular flexibility index (Phi) is 3.01. The highest BCUT2D eigenvalue weighted by Gasteiger charge is 1.94. The summed E-state index contributed by atoms with van der Waals surface area (Å²) in [7, 11) is 0. The summed E-state index contributed by atoms with van der Waals surface area (Å²) in [6.07, 6.45) is 1.07. The van der Waals surface area contributed by atoms with E-state index >= 15 is 0 Å². The van der Waals surface area contributed by atoms with Crippen LogP contribution < -0.4 is 0 Å². The van der Waals surface area contributed by atoms with E-state index in [4.69, 9.17) is 0 Å². The van der Waals surface area contributed by atoms with Crippen LogP contribution in [0.3, 0.4) is 0 Å². The zero-order chi connectivity index (χ0) is 8.27. The molecule has 0 N–H and O–H groups in total. The number of hydrogen-bond donors (Lipinski definition) is 1. The summed E-state index contributed by atoms with van der Waals surface area (Å²) in [5.41, 5.74) is 4.14. The molecule has 0 spiro atoms. The summed E-state index contributed by atoms with van der Waals surface area (Å²) in [5, 5.41) is 0. The molecule has 0 heterocycles. The zero-order valence-electron chi connectivity index (χ0n) is 7.09. The Bertz CT molecular complexity index is 241. The van der Waals surface area contributed by atoms with Crippen LogP contribution in [-0.4, -0.2) is 5.75 Å². The molecular formula is C10H14S. The van der Waals surface area contributed by atoms with Crippen molar-refractivity contribution in [3.8, 4) is 0 Å². The lowest BCUT2D eigenvalue weighted by Crippen LogP contribution is -1.88. The maximum absolute atomic E-state index is 4.19. The Labute approximate surface area is 74.0 Å². The quantitative estimate of drug-likeness (QED) is 0.642. The molecule has 0 atom stereocenters. The van der Waals surface area contributed by atoms with Crippen LogP contribution in [0.1, 0.15) is 16.7 Å². The second-order valence-corrected chi connectivity index (χ2v) is 3.34. The molecule has 1 rings (SSSR count). The topological polar surface area (TPSA) is 0 Å². The van der Waals surface area contributed by atoms with Gasteiger partial charge in [0.15, 0.2) is 0 Å². The van der Waals surface area contributed by atoms with Crippen molar-refractivity contribution in [1.82, 2.24) is 0 Å². The molecule has 1 heteroatoms. The monoisotopic (exact) mass is 166 g/mol. The first-order chi connectivity index (χ1) is 5.24. The molecule has 11 heavy (non-hydrogen) atoms. The van der Waals surface area contributed by atoms with E-state index in [0.29, 0.717) is 0 Å². The molecule has 0 unspecified atom stereocenters. The van der Waals surface area contributed by atoms with Crippen molar-refractivity contribution in [2.45, 2.75) is 20.3 Å². The lowest BCUT2D eigenvalue weighted by molar-refractivity contribution is 1.14. The van der Waals surface area contributed by atoms with Crippen molar-refractivity contribution in [3.63, 3.8) is 0 Å². The summed E-state index contributed by atoms with van der Waals surface area (Å²) in [6.45, 7) is 4.29. The van der Waals surface area contributed by atoms with Crippen molar-refractivity contribution < 1.29 is 0 Å². The first-order valence-corrected chi connectivity index (χ1v) is 4.54. The third-order valence-corrected chi connectivity index (χ3v) is 2.20. The molecule has 1 aromatic carbocycles. The second-order valence-electron chi connectivity index (χ2n) is 2.89. The van der Waals surface area contributed by atoms with Crippen molar-refractivity contribution >= 4 is 12.6 Å². The van der Waals surface area contributed by atoms with E-state index in [1.165, 1.54) is 16.7 Å². The van der Waals surface area contributed by atoms with Gasteiger partial charge in [0.2, 0.25) is 0 Å². The van der Waals surface area contributed by atoms with Gasteiger partial charge >= 0.3 is 0 Å². The van der Waals surface area contributed by atoms with Crippen LogP contribution in [0.15, 0.2) is 18.2 Å². The molecule has 0 saturated carbocycles. The summed E-state index contributed by atoms with van der Waals surface area (Å²) < 4.78 is 0. The van der Waals surface area contributed by atoms with E-state index < -0.39 is 0 Å². The van der Waals surface area contributed by atoms with Gasteiger partial charge in [0, 0.05) is 0 Å². The van der Waals surface area contributed by atoms with E-state index in [1.807, 2.05) is 0 Å². The van der Waals surface area contributed by atoms with Gasteiger partial charge < -0.3 is 0 Å². The van der Waals surface area contributed by atoms with Gasteiger partial charge in [-0.3, -0.25) is 0 Å². The first-order valence-electron chi connectivity index (χ1n) is 3.91. The molecule has 0 aliphatic heterocycles. The molecule has 0 aliphatic rings. The maximum atomic E-state index is 4.19. The molecule has 0 amide bonds. The molecule has 0 radical (unpaired) electrons. The Hall–Kier alpha value is -0.430. The number of rotatable bonds is 2. The predicted molar refractivity (Wildman–Crippen MR) is 53.5 cm³/mol. The van der Waals surface area contributed by atoms with Crippen molar-refractivity contribution in [2.75, 3.05) is 5.75 Å². The highest BCUT2D eigenvalue weighted by Crippen LogP contribution is 2.10. The molecule has 1 aromatic rings. The number of thiol groups is 1. The molecule has 0 saturated heterocycles. The van der Waals surface area contributed by atoms with Crippen LogP contribution >= 0.6 is 12.6 Å². The third-order valence-electron chi connectivity index (χ3n) is 1.97. The maximum Gasteiger partial charge on any atom is -0.00574 e. The third kappa shape index (κ3) is 2.26. The van der Waals surface area contributed by atoms with Gasteiger partial charge in [0.1, 0.15) is 0 Å². The lowest BCUT2D eigenvalue weighted by Gasteiger charge is -2.02. The van der Waals surface area contributed by atoms with Gasteiger partial charge in [-0.25, -0.2) is 0 Å². The minimum Gasteiger partial charge on any atom is -0.179 e. The van der Waals surface area contributed by atoms with E-state index in [1.54, 1.807) is 0 Å². The van der Waals surface area contributed by atoms with Crippen molar-refractivity contribution in [1.29, 1.82) is 0 Å². The number of hydrogen-bond acceptors (Lipinski definition) is 1. The molecule has 0 nitrogen and oxygen atoms in total. The van der Waals surface area contributed by atoms with E-state index in [0.717, 1.165) is 12.2 Å².